The SMILES string of the molecule is COc1cc(C(C)=O)c(OC)c(C(F)(F)F)c1. The van der Waals surface area contributed by atoms with E-state index in [2.05, 4.69) is 4.74 Å². The Morgan fingerprint density at radius 1 is 1.18 bits per heavy atom. The number of ether oxygens (including phenoxy) is 2. The molecule has 1 aromatic rings. The number of hydrogen-bond donors (Lipinski definition) is 0. The first-order chi connectivity index (χ1) is 7.81. The number of methoxy groups -OCH3 is 2. The summed E-state index contributed by atoms with van der Waals surface area (Å²) >= 11 is 0. The normalized spacial score (nSPS) is 11.2. The summed E-state index contributed by atoms with van der Waals surface area (Å²) in [6, 6.07) is 2.02. The summed E-state index contributed by atoms with van der Waals surface area (Å²) in [7, 11) is 2.31. The smallest absolute Gasteiger partial charge is 0.420 e. The lowest BCUT2D eigenvalue weighted by molar-refractivity contribution is -0.138. The van der Waals surface area contributed by atoms with Gasteiger partial charge in [-0.3, -0.25) is 4.79 Å². The largest absolute Gasteiger partial charge is 0.497 e. The van der Waals surface area contributed by atoms with Gasteiger partial charge < -0.3 is 9.47 Å². The maximum atomic E-state index is 12.7. The summed E-state index contributed by atoms with van der Waals surface area (Å²) in [6.07, 6.45) is -4.61. The molecule has 1 aromatic carbocycles. The monoisotopic (exact) mass is 248 g/mol. The van der Waals surface area contributed by atoms with Gasteiger partial charge in [-0.2, -0.15) is 13.2 Å². The fourth-order valence-corrected chi connectivity index (χ4v) is 1.41. The topological polar surface area (TPSA) is 35.5 Å². The maximum absolute atomic E-state index is 12.7. The van der Waals surface area contributed by atoms with Gasteiger partial charge in [0.2, 0.25) is 0 Å². The van der Waals surface area contributed by atoms with Gasteiger partial charge in [0, 0.05) is 0 Å². The van der Waals surface area contributed by atoms with Gasteiger partial charge in [-0.15, -0.1) is 0 Å². The maximum Gasteiger partial charge on any atom is 0.420 e. The van der Waals surface area contributed by atoms with Gasteiger partial charge in [0.25, 0.3) is 0 Å². The second kappa shape index (κ2) is 4.65. The fraction of sp³-hybridized carbons (Fsp3) is 0.364. The first kappa shape index (κ1) is 13.3. The molecule has 0 atom stereocenters. The van der Waals surface area contributed by atoms with E-state index >= 15 is 0 Å². The third kappa shape index (κ3) is 2.69. The minimum Gasteiger partial charge on any atom is -0.497 e. The van der Waals surface area contributed by atoms with Crippen LogP contribution in [0.25, 0.3) is 0 Å². The second-order valence-electron chi connectivity index (χ2n) is 3.31. The minimum atomic E-state index is -4.61. The predicted octanol–water partition coefficient (Wildman–Crippen LogP) is 2.93. The lowest BCUT2D eigenvalue weighted by atomic mass is 10.0. The van der Waals surface area contributed by atoms with Gasteiger partial charge in [-0.1, -0.05) is 0 Å². The van der Waals surface area contributed by atoms with E-state index in [0.29, 0.717) is 0 Å². The van der Waals surface area contributed by atoms with Crippen molar-refractivity contribution < 1.29 is 27.4 Å². The Labute approximate surface area is 96.1 Å². The Bertz CT molecular complexity index is 438. The van der Waals surface area contributed by atoms with Crippen molar-refractivity contribution in [3.8, 4) is 11.5 Å². The van der Waals surface area contributed by atoms with Crippen LogP contribution in [0.2, 0.25) is 0 Å². The van der Waals surface area contributed by atoms with E-state index in [1.807, 2.05) is 0 Å². The average molecular weight is 248 g/mol. The summed E-state index contributed by atoms with van der Waals surface area (Å²) in [5.41, 5.74) is -1.18. The summed E-state index contributed by atoms with van der Waals surface area (Å²) in [6.45, 7) is 1.16. The zero-order chi connectivity index (χ0) is 13.2. The molecular formula is C11H11F3O3. The Morgan fingerprint density at radius 2 is 1.76 bits per heavy atom. The van der Waals surface area contributed by atoms with E-state index in [0.717, 1.165) is 20.1 Å². The molecule has 0 amide bonds. The number of alkyl halides is 3. The van der Waals surface area contributed by atoms with Crippen molar-refractivity contribution in [1.82, 2.24) is 0 Å². The number of halogens is 3. The highest BCUT2D eigenvalue weighted by molar-refractivity contribution is 5.97. The number of rotatable bonds is 3. The van der Waals surface area contributed by atoms with Crippen molar-refractivity contribution in [2.75, 3.05) is 14.2 Å². The number of ketones is 1. The third-order valence-corrected chi connectivity index (χ3v) is 2.19. The van der Waals surface area contributed by atoms with Crippen LogP contribution in [0, 0.1) is 0 Å². The Balaban J connectivity index is 3.56. The molecule has 0 spiro atoms. The fourth-order valence-electron chi connectivity index (χ4n) is 1.41. The van der Waals surface area contributed by atoms with Crippen LogP contribution in [-0.4, -0.2) is 20.0 Å². The number of Topliss-reactive ketones (excluding diaryl/α,β-unsaturated/α-hetero) is 1. The molecule has 0 aromatic heterocycles. The molecule has 0 radical (unpaired) electrons. The summed E-state index contributed by atoms with van der Waals surface area (Å²) in [5.74, 6) is -1.04. The average Bonchev–Trinajstić information content (AvgIpc) is 2.25. The Kier molecular flexibility index (Phi) is 3.65. The van der Waals surface area contributed by atoms with Crippen molar-refractivity contribution in [1.29, 1.82) is 0 Å². The van der Waals surface area contributed by atoms with Crippen LogP contribution in [0.5, 0.6) is 11.5 Å². The molecule has 1 rings (SSSR count). The molecule has 94 valence electrons. The quantitative estimate of drug-likeness (QED) is 0.771. The molecule has 0 fully saturated rings. The van der Waals surface area contributed by atoms with E-state index < -0.39 is 23.3 Å². The van der Waals surface area contributed by atoms with E-state index in [4.69, 9.17) is 4.74 Å². The van der Waals surface area contributed by atoms with Crippen LogP contribution in [0.1, 0.15) is 22.8 Å². The van der Waals surface area contributed by atoms with Gasteiger partial charge in [0.1, 0.15) is 17.1 Å². The molecule has 17 heavy (non-hydrogen) atoms. The summed E-state index contributed by atoms with van der Waals surface area (Å²) < 4.78 is 47.6. The summed E-state index contributed by atoms with van der Waals surface area (Å²) in [4.78, 5) is 11.3. The molecule has 0 aliphatic heterocycles. The van der Waals surface area contributed by atoms with Crippen LogP contribution in [0.15, 0.2) is 12.1 Å². The molecule has 0 saturated carbocycles. The number of carbonyl (C=O) groups excluding carboxylic acids is 1. The highest BCUT2D eigenvalue weighted by Crippen LogP contribution is 2.40. The van der Waals surface area contributed by atoms with Crippen molar-refractivity contribution in [3.05, 3.63) is 23.3 Å². The van der Waals surface area contributed by atoms with E-state index in [-0.39, 0.29) is 11.3 Å². The van der Waals surface area contributed by atoms with Crippen molar-refractivity contribution in [3.63, 3.8) is 0 Å². The van der Waals surface area contributed by atoms with Gasteiger partial charge in [-0.05, 0) is 19.1 Å². The first-order valence-electron chi connectivity index (χ1n) is 4.65. The van der Waals surface area contributed by atoms with Gasteiger partial charge in [0.05, 0.1) is 19.8 Å². The standard InChI is InChI=1S/C11H11F3O3/c1-6(15)8-4-7(16-2)5-9(10(8)17-3)11(12,13)14/h4-5H,1-3H3. The number of benzene rings is 1. The van der Waals surface area contributed by atoms with E-state index in [1.54, 1.807) is 0 Å². The molecule has 6 heteroatoms. The van der Waals surface area contributed by atoms with Crippen LogP contribution in [-0.2, 0) is 6.18 Å². The first-order valence-corrected chi connectivity index (χ1v) is 4.65. The Morgan fingerprint density at radius 3 is 2.12 bits per heavy atom. The zero-order valence-electron chi connectivity index (χ0n) is 9.51. The van der Waals surface area contributed by atoms with Crippen LogP contribution >= 0.6 is 0 Å². The number of hydrogen-bond acceptors (Lipinski definition) is 3. The molecular weight excluding hydrogens is 237 g/mol. The van der Waals surface area contributed by atoms with Crippen LogP contribution < -0.4 is 9.47 Å². The molecule has 0 heterocycles. The van der Waals surface area contributed by atoms with Gasteiger partial charge >= 0.3 is 6.18 Å². The van der Waals surface area contributed by atoms with Crippen molar-refractivity contribution >= 4 is 5.78 Å². The predicted molar refractivity (Wildman–Crippen MR) is 54.6 cm³/mol. The molecule has 0 aliphatic rings. The molecule has 0 aliphatic carbocycles. The number of carbonyl (C=O) groups is 1. The molecule has 0 N–H and O–H groups in total. The lowest BCUT2D eigenvalue weighted by Gasteiger charge is -2.16. The van der Waals surface area contributed by atoms with Crippen LogP contribution in [0.4, 0.5) is 13.2 Å². The Hall–Kier alpha value is -1.72. The second-order valence-corrected chi connectivity index (χ2v) is 3.31. The third-order valence-electron chi connectivity index (χ3n) is 2.19. The lowest BCUT2D eigenvalue weighted by Crippen LogP contribution is -2.11. The van der Waals surface area contributed by atoms with Crippen LogP contribution in [0.3, 0.4) is 0 Å². The molecule has 3 nitrogen and oxygen atoms in total. The highest BCUT2D eigenvalue weighted by atomic mass is 19.4. The molecule has 0 saturated heterocycles. The van der Waals surface area contributed by atoms with Crippen molar-refractivity contribution in [2.45, 2.75) is 13.1 Å². The zero-order valence-corrected chi connectivity index (χ0v) is 9.51. The van der Waals surface area contributed by atoms with E-state index in [9.17, 15) is 18.0 Å². The van der Waals surface area contributed by atoms with E-state index in [1.165, 1.54) is 13.2 Å². The molecule has 0 unspecified atom stereocenters. The molecule has 0 bridgehead atoms. The van der Waals surface area contributed by atoms with Gasteiger partial charge in [-0.25, -0.2) is 0 Å². The van der Waals surface area contributed by atoms with Gasteiger partial charge in [0.15, 0.2) is 5.78 Å². The minimum absolute atomic E-state index is 0.0386. The van der Waals surface area contributed by atoms with Crippen molar-refractivity contribution in [2.24, 2.45) is 0 Å². The summed E-state index contributed by atoms with van der Waals surface area (Å²) in [5, 5.41) is 0. The highest BCUT2D eigenvalue weighted by Gasteiger charge is 2.36.